The lowest BCUT2D eigenvalue weighted by molar-refractivity contribution is -0.134. The Morgan fingerprint density at radius 1 is 1.41 bits per heavy atom. The van der Waals surface area contributed by atoms with Crippen LogP contribution in [0.2, 0.25) is 0 Å². The lowest BCUT2D eigenvalue weighted by Crippen LogP contribution is -2.57. The van der Waals surface area contributed by atoms with Crippen molar-refractivity contribution < 1.29 is 9.53 Å². The predicted octanol–water partition coefficient (Wildman–Crippen LogP) is 2.65. The van der Waals surface area contributed by atoms with Crippen LogP contribution in [0.15, 0.2) is 24.3 Å². The summed E-state index contributed by atoms with van der Waals surface area (Å²) in [7, 11) is 0. The molecule has 1 fully saturated rings. The van der Waals surface area contributed by atoms with E-state index in [1.54, 1.807) is 0 Å². The summed E-state index contributed by atoms with van der Waals surface area (Å²) in [5.74, 6) is 1.02. The number of nitrogens with zero attached hydrogens (tertiary/aromatic N) is 1. The van der Waals surface area contributed by atoms with E-state index >= 15 is 0 Å². The van der Waals surface area contributed by atoms with E-state index in [1.165, 1.54) is 0 Å². The Hall–Kier alpha value is -1.26. The number of hydrogen-bond donors (Lipinski definition) is 1. The molecule has 4 nitrogen and oxygen atoms in total. The first-order valence-electron chi connectivity index (χ1n) is 7.76. The van der Waals surface area contributed by atoms with Crippen molar-refractivity contribution in [3.63, 3.8) is 0 Å². The van der Waals surface area contributed by atoms with Crippen LogP contribution >= 0.6 is 12.4 Å². The van der Waals surface area contributed by atoms with E-state index in [2.05, 4.69) is 19.2 Å². The van der Waals surface area contributed by atoms with Gasteiger partial charge in [-0.1, -0.05) is 12.1 Å². The lowest BCUT2D eigenvalue weighted by Gasteiger charge is -2.38. The van der Waals surface area contributed by atoms with E-state index in [0.717, 1.165) is 24.4 Å². The number of hydrogen-bond acceptors (Lipinski definition) is 3. The van der Waals surface area contributed by atoms with Crippen molar-refractivity contribution in [1.82, 2.24) is 10.2 Å². The highest BCUT2D eigenvalue weighted by molar-refractivity contribution is 5.85. The molecule has 2 unspecified atom stereocenters. The Morgan fingerprint density at radius 2 is 2.14 bits per heavy atom. The van der Waals surface area contributed by atoms with Crippen molar-refractivity contribution >= 4 is 18.3 Å². The van der Waals surface area contributed by atoms with Crippen molar-refractivity contribution in [2.45, 2.75) is 52.3 Å². The minimum absolute atomic E-state index is 0. The summed E-state index contributed by atoms with van der Waals surface area (Å²) < 4.78 is 5.69. The molecule has 22 heavy (non-hydrogen) atoms. The summed E-state index contributed by atoms with van der Waals surface area (Å²) in [6.07, 6.45) is 0.580. The number of amides is 1. The molecule has 0 radical (unpaired) electrons. The van der Waals surface area contributed by atoms with Gasteiger partial charge in [0.15, 0.2) is 0 Å². The molecule has 5 heteroatoms. The van der Waals surface area contributed by atoms with Gasteiger partial charge in [0.05, 0.1) is 12.5 Å². The molecule has 0 aliphatic carbocycles. The van der Waals surface area contributed by atoms with Crippen molar-refractivity contribution in [3.05, 3.63) is 29.8 Å². The van der Waals surface area contributed by atoms with Gasteiger partial charge >= 0.3 is 0 Å². The third-order valence-corrected chi connectivity index (χ3v) is 3.98. The molecule has 2 atom stereocenters. The number of rotatable bonds is 4. The van der Waals surface area contributed by atoms with Crippen LogP contribution in [0.3, 0.4) is 0 Å². The Balaban J connectivity index is 0.00000242. The second kappa shape index (κ2) is 8.39. The third kappa shape index (κ3) is 4.89. The molecule has 1 N–H and O–H groups in total. The van der Waals surface area contributed by atoms with Crippen molar-refractivity contribution in [1.29, 1.82) is 0 Å². The summed E-state index contributed by atoms with van der Waals surface area (Å²) in [4.78, 5) is 14.5. The standard InChI is InChI=1S/C17H26N2O2.ClH/c1-12(2)21-16-7-5-6-15(10-16)11-17(20)19-9-8-18-13(3)14(19)4;/h5-7,10,12-14,18H,8-9,11H2,1-4H3;1H. The molecular weight excluding hydrogens is 300 g/mol. The van der Waals surface area contributed by atoms with E-state index in [0.29, 0.717) is 12.5 Å². The van der Waals surface area contributed by atoms with E-state index in [1.807, 2.05) is 43.0 Å². The molecular formula is C17H27ClN2O2. The zero-order valence-electron chi connectivity index (χ0n) is 13.8. The largest absolute Gasteiger partial charge is 0.491 e. The second-order valence-corrected chi connectivity index (χ2v) is 6.06. The average Bonchev–Trinajstić information content (AvgIpc) is 2.41. The quantitative estimate of drug-likeness (QED) is 0.925. The fourth-order valence-electron chi connectivity index (χ4n) is 2.69. The zero-order valence-corrected chi connectivity index (χ0v) is 14.7. The predicted molar refractivity (Wildman–Crippen MR) is 91.8 cm³/mol. The van der Waals surface area contributed by atoms with Gasteiger partial charge in [-0.05, 0) is 45.4 Å². The van der Waals surface area contributed by atoms with E-state index < -0.39 is 0 Å². The van der Waals surface area contributed by atoms with Gasteiger partial charge in [0.2, 0.25) is 5.91 Å². The first-order valence-corrected chi connectivity index (χ1v) is 7.76. The smallest absolute Gasteiger partial charge is 0.227 e. The fraction of sp³-hybridized carbons (Fsp3) is 0.588. The molecule has 124 valence electrons. The lowest BCUT2D eigenvalue weighted by atomic mass is 10.0. The van der Waals surface area contributed by atoms with Crippen molar-refractivity contribution in [2.24, 2.45) is 0 Å². The molecule has 1 aromatic rings. The topological polar surface area (TPSA) is 41.6 Å². The third-order valence-electron chi connectivity index (χ3n) is 3.98. The minimum Gasteiger partial charge on any atom is -0.491 e. The van der Waals surface area contributed by atoms with Crippen LogP contribution in [-0.2, 0) is 11.2 Å². The van der Waals surface area contributed by atoms with Crippen LogP contribution in [0, 0.1) is 0 Å². The average molecular weight is 327 g/mol. The SMILES string of the molecule is CC(C)Oc1cccc(CC(=O)N2CCNC(C)C2C)c1.Cl. The minimum atomic E-state index is 0. The van der Waals surface area contributed by atoms with Crippen molar-refractivity contribution in [3.8, 4) is 5.75 Å². The van der Waals surface area contributed by atoms with Gasteiger partial charge < -0.3 is 15.0 Å². The van der Waals surface area contributed by atoms with E-state index in [-0.39, 0.29) is 30.5 Å². The number of benzene rings is 1. The van der Waals surface area contributed by atoms with Crippen LogP contribution in [0.5, 0.6) is 5.75 Å². The van der Waals surface area contributed by atoms with Gasteiger partial charge in [0, 0.05) is 25.2 Å². The van der Waals surface area contributed by atoms with Gasteiger partial charge in [0.25, 0.3) is 0 Å². The number of halogens is 1. The maximum Gasteiger partial charge on any atom is 0.227 e. The van der Waals surface area contributed by atoms with Crippen molar-refractivity contribution in [2.75, 3.05) is 13.1 Å². The maximum absolute atomic E-state index is 12.5. The molecule has 0 saturated carbocycles. The number of ether oxygens (including phenoxy) is 1. The van der Waals surface area contributed by atoms with E-state index in [9.17, 15) is 4.79 Å². The van der Waals surface area contributed by atoms with Crippen LogP contribution in [0.4, 0.5) is 0 Å². The molecule has 1 aliphatic rings. The van der Waals surface area contributed by atoms with Gasteiger partial charge in [-0.25, -0.2) is 0 Å². The Morgan fingerprint density at radius 3 is 2.82 bits per heavy atom. The Bertz CT molecular complexity index is 493. The molecule has 0 aromatic heterocycles. The van der Waals surface area contributed by atoms with Crippen LogP contribution in [-0.4, -0.2) is 42.1 Å². The highest BCUT2D eigenvalue weighted by Gasteiger charge is 2.27. The second-order valence-electron chi connectivity index (χ2n) is 6.06. The number of nitrogens with one attached hydrogen (secondary N) is 1. The summed E-state index contributed by atoms with van der Waals surface area (Å²) >= 11 is 0. The molecule has 2 rings (SSSR count). The van der Waals surface area contributed by atoms with Crippen LogP contribution in [0.25, 0.3) is 0 Å². The molecule has 1 saturated heterocycles. The first-order chi connectivity index (χ1) is 9.97. The summed E-state index contributed by atoms with van der Waals surface area (Å²) in [6, 6.07) is 8.42. The van der Waals surface area contributed by atoms with Gasteiger partial charge in [0.1, 0.15) is 5.75 Å². The normalized spacial score (nSPS) is 21.4. The summed E-state index contributed by atoms with van der Waals surface area (Å²) in [6.45, 7) is 9.89. The fourth-order valence-corrected chi connectivity index (χ4v) is 2.69. The maximum atomic E-state index is 12.5. The number of piperazine rings is 1. The molecule has 0 bridgehead atoms. The van der Waals surface area contributed by atoms with E-state index in [4.69, 9.17) is 4.74 Å². The highest BCUT2D eigenvalue weighted by Crippen LogP contribution is 2.17. The van der Waals surface area contributed by atoms with Gasteiger partial charge in [-0.15, -0.1) is 12.4 Å². The first kappa shape index (κ1) is 18.8. The zero-order chi connectivity index (χ0) is 15.4. The molecule has 1 heterocycles. The van der Waals surface area contributed by atoms with Gasteiger partial charge in [-0.2, -0.15) is 0 Å². The highest BCUT2D eigenvalue weighted by atomic mass is 35.5. The molecule has 0 spiro atoms. The monoisotopic (exact) mass is 326 g/mol. The van der Waals surface area contributed by atoms with Crippen LogP contribution in [0.1, 0.15) is 33.3 Å². The Labute approximate surface area is 139 Å². The Kier molecular flexibility index (Phi) is 7.17. The van der Waals surface area contributed by atoms with Gasteiger partial charge in [-0.3, -0.25) is 4.79 Å². The molecule has 1 amide bonds. The van der Waals surface area contributed by atoms with Crippen LogP contribution < -0.4 is 10.1 Å². The molecule has 1 aromatic carbocycles. The summed E-state index contributed by atoms with van der Waals surface area (Å²) in [5.41, 5.74) is 1.01. The summed E-state index contributed by atoms with van der Waals surface area (Å²) in [5, 5.41) is 3.40. The molecule has 1 aliphatic heterocycles. The number of carbonyl (C=O) groups excluding carboxylic acids is 1. The number of carbonyl (C=O) groups is 1.